The molecule has 86 valence electrons. The Hall–Kier alpha value is -1.02. The fourth-order valence-corrected chi connectivity index (χ4v) is 2.36. The lowest BCUT2D eigenvalue weighted by molar-refractivity contribution is -0.113. The van der Waals surface area contributed by atoms with Crippen LogP contribution in [0.5, 0.6) is 0 Å². The van der Waals surface area contributed by atoms with Crippen molar-refractivity contribution in [3.05, 3.63) is 28.8 Å². The SMILES string of the molecule is Cc1ccc2c(c1NC(=O)CCl)CCCC2. The van der Waals surface area contributed by atoms with Crippen LogP contribution in [0.3, 0.4) is 0 Å². The van der Waals surface area contributed by atoms with Gasteiger partial charge >= 0.3 is 0 Å². The highest BCUT2D eigenvalue weighted by atomic mass is 35.5. The van der Waals surface area contributed by atoms with Crippen molar-refractivity contribution in [2.24, 2.45) is 0 Å². The van der Waals surface area contributed by atoms with Gasteiger partial charge in [0, 0.05) is 5.69 Å². The predicted octanol–water partition coefficient (Wildman–Crippen LogP) is 3.05. The third-order valence-electron chi connectivity index (χ3n) is 3.13. The number of halogens is 1. The van der Waals surface area contributed by atoms with Gasteiger partial charge in [0.1, 0.15) is 5.88 Å². The van der Waals surface area contributed by atoms with Gasteiger partial charge in [-0.15, -0.1) is 11.6 Å². The molecule has 2 rings (SSSR count). The molecular weight excluding hydrogens is 222 g/mol. The summed E-state index contributed by atoms with van der Waals surface area (Å²) in [4.78, 5) is 11.4. The van der Waals surface area contributed by atoms with E-state index in [0.29, 0.717) is 0 Å². The van der Waals surface area contributed by atoms with E-state index in [9.17, 15) is 4.79 Å². The lowest BCUT2D eigenvalue weighted by Gasteiger charge is -2.21. The molecule has 0 heterocycles. The van der Waals surface area contributed by atoms with Gasteiger partial charge < -0.3 is 5.32 Å². The normalized spacial score (nSPS) is 14.4. The first-order valence-corrected chi connectivity index (χ1v) is 6.23. The maximum atomic E-state index is 11.4. The number of amides is 1. The van der Waals surface area contributed by atoms with Gasteiger partial charge in [0.2, 0.25) is 5.91 Å². The van der Waals surface area contributed by atoms with Crippen LogP contribution in [-0.2, 0) is 17.6 Å². The summed E-state index contributed by atoms with van der Waals surface area (Å²) in [6.07, 6.45) is 4.65. The van der Waals surface area contributed by atoms with Crippen molar-refractivity contribution in [1.29, 1.82) is 0 Å². The summed E-state index contributed by atoms with van der Waals surface area (Å²) in [5.74, 6) is -0.105. The number of carbonyl (C=O) groups is 1. The maximum absolute atomic E-state index is 11.4. The van der Waals surface area contributed by atoms with E-state index in [1.165, 1.54) is 24.0 Å². The van der Waals surface area contributed by atoms with Crippen molar-refractivity contribution in [1.82, 2.24) is 0 Å². The zero-order valence-electron chi connectivity index (χ0n) is 9.48. The van der Waals surface area contributed by atoms with Crippen molar-refractivity contribution in [3.63, 3.8) is 0 Å². The summed E-state index contributed by atoms with van der Waals surface area (Å²) in [5, 5.41) is 2.92. The molecule has 1 N–H and O–H groups in total. The first-order chi connectivity index (χ1) is 7.72. The zero-order valence-corrected chi connectivity index (χ0v) is 10.2. The summed E-state index contributed by atoms with van der Waals surface area (Å²) < 4.78 is 0. The van der Waals surface area contributed by atoms with Crippen LogP contribution in [0.1, 0.15) is 29.5 Å². The first kappa shape index (κ1) is 11.5. The lowest BCUT2D eigenvalue weighted by Crippen LogP contribution is -2.17. The van der Waals surface area contributed by atoms with Crippen molar-refractivity contribution in [2.75, 3.05) is 11.2 Å². The van der Waals surface area contributed by atoms with E-state index < -0.39 is 0 Å². The van der Waals surface area contributed by atoms with Gasteiger partial charge in [-0.05, 0) is 49.3 Å². The quantitative estimate of drug-likeness (QED) is 0.787. The highest BCUT2D eigenvalue weighted by Gasteiger charge is 2.16. The smallest absolute Gasteiger partial charge is 0.239 e. The standard InChI is InChI=1S/C13H16ClNO/c1-9-6-7-10-4-2-3-5-11(10)13(9)15-12(16)8-14/h6-7H,2-5,8H2,1H3,(H,15,16). The topological polar surface area (TPSA) is 29.1 Å². The van der Waals surface area contributed by atoms with Crippen LogP contribution in [0.25, 0.3) is 0 Å². The minimum Gasteiger partial charge on any atom is -0.325 e. The van der Waals surface area contributed by atoms with E-state index in [4.69, 9.17) is 11.6 Å². The summed E-state index contributed by atoms with van der Waals surface area (Å²) in [5.41, 5.74) is 4.80. The molecule has 3 heteroatoms. The lowest BCUT2D eigenvalue weighted by atomic mass is 9.89. The van der Waals surface area contributed by atoms with Gasteiger partial charge in [-0.3, -0.25) is 4.79 Å². The molecule has 1 aromatic rings. The molecule has 0 saturated heterocycles. The molecule has 0 radical (unpaired) electrons. The van der Waals surface area contributed by atoms with Crippen LogP contribution in [0.2, 0.25) is 0 Å². The molecule has 0 spiro atoms. The molecule has 1 aliphatic rings. The molecule has 1 aliphatic carbocycles. The molecule has 2 nitrogen and oxygen atoms in total. The number of rotatable bonds is 2. The predicted molar refractivity (Wildman–Crippen MR) is 67.2 cm³/mol. The van der Waals surface area contributed by atoms with Crippen molar-refractivity contribution in [3.8, 4) is 0 Å². The molecule has 1 amide bonds. The monoisotopic (exact) mass is 237 g/mol. The van der Waals surface area contributed by atoms with Gasteiger partial charge in [-0.2, -0.15) is 0 Å². The summed E-state index contributed by atoms with van der Waals surface area (Å²) in [6, 6.07) is 4.26. The van der Waals surface area contributed by atoms with Gasteiger partial charge in [0.15, 0.2) is 0 Å². The summed E-state index contributed by atoms with van der Waals surface area (Å²) in [7, 11) is 0. The molecule has 16 heavy (non-hydrogen) atoms. The van der Waals surface area contributed by atoms with E-state index in [1.54, 1.807) is 0 Å². The molecule has 0 fully saturated rings. The second kappa shape index (κ2) is 4.88. The molecule has 0 bridgehead atoms. The molecule has 1 aromatic carbocycles. The Labute approximate surface area is 101 Å². The Kier molecular flexibility index (Phi) is 3.49. The molecule has 0 saturated carbocycles. The average molecular weight is 238 g/mol. The van der Waals surface area contributed by atoms with E-state index >= 15 is 0 Å². The van der Waals surface area contributed by atoms with E-state index in [0.717, 1.165) is 24.1 Å². The van der Waals surface area contributed by atoms with Gasteiger partial charge in [0.25, 0.3) is 0 Å². The number of fused-ring (bicyclic) bond motifs is 1. The Morgan fingerprint density at radius 3 is 2.88 bits per heavy atom. The zero-order chi connectivity index (χ0) is 11.5. The van der Waals surface area contributed by atoms with Crippen LogP contribution >= 0.6 is 11.6 Å². The third kappa shape index (κ3) is 2.22. The average Bonchev–Trinajstić information content (AvgIpc) is 2.32. The van der Waals surface area contributed by atoms with Gasteiger partial charge in [0.05, 0.1) is 0 Å². The molecular formula is C13H16ClNO. The number of anilines is 1. The molecule has 0 atom stereocenters. The maximum Gasteiger partial charge on any atom is 0.239 e. The number of hydrogen-bond acceptors (Lipinski definition) is 1. The van der Waals surface area contributed by atoms with Crippen molar-refractivity contribution >= 4 is 23.2 Å². The third-order valence-corrected chi connectivity index (χ3v) is 3.37. The molecule has 0 aromatic heterocycles. The number of benzene rings is 1. The number of hydrogen-bond donors (Lipinski definition) is 1. The Morgan fingerprint density at radius 2 is 2.12 bits per heavy atom. The Bertz CT molecular complexity index is 415. The van der Waals surface area contributed by atoms with E-state index in [-0.39, 0.29) is 11.8 Å². The molecule has 0 aliphatic heterocycles. The molecule has 0 unspecified atom stereocenters. The van der Waals surface area contributed by atoms with Crippen LogP contribution in [0.4, 0.5) is 5.69 Å². The Balaban J connectivity index is 2.37. The van der Waals surface area contributed by atoms with Gasteiger partial charge in [-0.1, -0.05) is 12.1 Å². The van der Waals surface area contributed by atoms with E-state index in [2.05, 4.69) is 17.4 Å². The van der Waals surface area contributed by atoms with Gasteiger partial charge in [-0.25, -0.2) is 0 Å². The number of nitrogens with one attached hydrogen (secondary N) is 1. The fraction of sp³-hybridized carbons (Fsp3) is 0.462. The fourth-order valence-electron chi connectivity index (χ4n) is 2.29. The van der Waals surface area contributed by atoms with Crippen LogP contribution in [-0.4, -0.2) is 11.8 Å². The van der Waals surface area contributed by atoms with E-state index in [1.807, 2.05) is 6.92 Å². The second-order valence-electron chi connectivity index (χ2n) is 4.28. The summed E-state index contributed by atoms with van der Waals surface area (Å²) >= 11 is 5.53. The number of carbonyl (C=O) groups excluding carboxylic acids is 1. The summed E-state index contributed by atoms with van der Waals surface area (Å²) in [6.45, 7) is 2.03. The van der Waals surface area contributed by atoms with Crippen molar-refractivity contribution < 1.29 is 4.79 Å². The highest BCUT2D eigenvalue weighted by molar-refractivity contribution is 6.29. The minimum absolute atomic E-state index is 0.0170. The highest BCUT2D eigenvalue weighted by Crippen LogP contribution is 2.30. The number of aryl methyl sites for hydroxylation is 2. The minimum atomic E-state index is -0.122. The Morgan fingerprint density at radius 1 is 1.38 bits per heavy atom. The largest absolute Gasteiger partial charge is 0.325 e. The second-order valence-corrected chi connectivity index (χ2v) is 4.55. The van der Waals surface area contributed by atoms with Crippen molar-refractivity contribution in [2.45, 2.75) is 32.6 Å². The van der Waals surface area contributed by atoms with Crippen LogP contribution in [0, 0.1) is 6.92 Å². The first-order valence-electron chi connectivity index (χ1n) is 5.69. The van der Waals surface area contributed by atoms with Crippen LogP contribution < -0.4 is 5.32 Å². The number of alkyl halides is 1. The van der Waals surface area contributed by atoms with Crippen LogP contribution in [0.15, 0.2) is 12.1 Å².